The molecule has 5 rings (SSSR count). The highest BCUT2D eigenvalue weighted by molar-refractivity contribution is 6.22. The highest BCUT2D eigenvalue weighted by atomic mass is 16.7. The van der Waals surface area contributed by atoms with Crippen LogP contribution in [0.25, 0.3) is 0 Å². The molecule has 3 aromatic carbocycles. The molecule has 1 atom stereocenters. The Morgan fingerprint density at radius 1 is 1.00 bits per heavy atom. The largest absolute Gasteiger partial charge is 0.497 e. The summed E-state index contributed by atoms with van der Waals surface area (Å²) in [4.78, 5) is 54.6. The number of imide groups is 1. The van der Waals surface area contributed by atoms with Gasteiger partial charge in [-0.05, 0) is 61.0 Å². The van der Waals surface area contributed by atoms with Gasteiger partial charge in [0, 0.05) is 18.3 Å². The van der Waals surface area contributed by atoms with Gasteiger partial charge in [0.2, 0.25) is 12.7 Å². The Morgan fingerprint density at radius 2 is 1.77 bits per heavy atom. The highest BCUT2D eigenvalue weighted by Gasteiger charge is 2.46. The number of fused-ring (bicyclic) bond motifs is 1. The lowest BCUT2D eigenvalue weighted by atomic mass is 10.1. The van der Waals surface area contributed by atoms with E-state index in [0.29, 0.717) is 39.8 Å². The maximum atomic E-state index is 13.6. The zero-order valence-corrected chi connectivity index (χ0v) is 21.9. The number of hydrogen-bond donors (Lipinski definition) is 1. The van der Waals surface area contributed by atoms with E-state index >= 15 is 0 Å². The highest BCUT2D eigenvalue weighted by Crippen LogP contribution is 2.35. The van der Waals surface area contributed by atoms with Gasteiger partial charge in [-0.1, -0.05) is 12.1 Å². The average molecular weight is 546 g/mol. The molecule has 1 fully saturated rings. The topological polar surface area (TPSA) is 124 Å². The standard InChI is InChI=1S/C29H27N3O8/c1-3-38-28(35)19-8-10-20(11-9-19)30-26(33)15-23-27(34)32(21-5-4-6-22(14-21)37-2)29(36)31(23)16-18-7-12-24-25(13-18)40-17-39-24/h4-14,23H,3,15-17H2,1-2H3,(H,30,33). The molecular weight excluding hydrogens is 518 g/mol. The molecule has 40 heavy (non-hydrogen) atoms. The van der Waals surface area contributed by atoms with Gasteiger partial charge in [0.15, 0.2) is 11.5 Å². The maximum Gasteiger partial charge on any atom is 0.338 e. The third-order valence-electron chi connectivity index (χ3n) is 6.48. The van der Waals surface area contributed by atoms with Gasteiger partial charge in [0.1, 0.15) is 11.8 Å². The van der Waals surface area contributed by atoms with Crippen LogP contribution in [0.4, 0.5) is 16.2 Å². The number of amides is 4. The van der Waals surface area contributed by atoms with Gasteiger partial charge >= 0.3 is 12.0 Å². The second-order valence-corrected chi connectivity index (χ2v) is 9.04. The summed E-state index contributed by atoms with van der Waals surface area (Å²) in [7, 11) is 1.49. The van der Waals surface area contributed by atoms with E-state index < -0.39 is 29.9 Å². The molecule has 0 aromatic heterocycles. The van der Waals surface area contributed by atoms with Crippen molar-refractivity contribution in [2.24, 2.45) is 0 Å². The predicted octanol–water partition coefficient (Wildman–Crippen LogP) is 3.97. The number of methoxy groups -OCH3 is 1. The summed E-state index contributed by atoms with van der Waals surface area (Å²) in [5.41, 5.74) is 1.82. The minimum atomic E-state index is -1.07. The number of nitrogens with zero attached hydrogens (tertiary/aromatic N) is 2. The molecule has 1 N–H and O–H groups in total. The molecule has 0 radical (unpaired) electrons. The molecule has 3 aromatic rings. The first-order valence-electron chi connectivity index (χ1n) is 12.6. The van der Waals surface area contributed by atoms with E-state index in [0.717, 1.165) is 4.90 Å². The molecule has 1 saturated heterocycles. The van der Waals surface area contributed by atoms with E-state index in [2.05, 4.69) is 5.32 Å². The summed E-state index contributed by atoms with van der Waals surface area (Å²) < 4.78 is 21.1. The summed E-state index contributed by atoms with van der Waals surface area (Å²) >= 11 is 0. The number of urea groups is 1. The molecule has 2 aliphatic rings. The molecule has 206 valence electrons. The molecule has 0 saturated carbocycles. The summed E-state index contributed by atoms with van der Waals surface area (Å²) in [6.45, 7) is 2.13. The molecule has 2 aliphatic heterocycles. The van der Waals surface area contributed by atoms with Crippen molar-refractivity contribution < 1.29 is 38.1 Å². The maximum absolute atomic E-state index is 13.6. The van der Waals surface area contributed by atoms with Crippen LogP contribution in [0.5, 0.6) is 17.2 Å². The van der Waals surface area contributed by atoms with E-state index in [9.17, 15) is 19.2 Å². The molecule has 4 amide bonds. The number of anilines is 2. The van der Waals surface area contributed by atoms with Crippen molar-refractivity contribution in [1.82, 2.24) is 4.90 Å². The predicted molar refractivity (Wildman–Crippen MR) is 143 cm³/mol. The first kappa shape index (κ1) is 26.5. The Morgan fingerprint density at radius 3 is 2.52 bits per heavy atom. The Balaban J connectivity index is 1.37. The van der Waals surface area contributed by atoms with Crippen molar-refractivity contribution in [1.29, 1.82) is 0 Å². The number of nitrogens with one attached hydrogen (secondary N) is 1. The summed E-state index contributed by atoms with van der Waals surface area (Å²) in [6, 6.07) is 16.4. The van der Waals surface area contributed by atoms with Gasteiger partial charge in [-0.15, -0.1) is 0 Å². The molecule has 0 bridgehead atoms. The Hall–Kier alpha value is -5.06. The van der Waals surface area contributed by atoms with Gasteiger partial charge < -0.3 is 29.2 Å². The van der Waals surface area contributed by atoms with E-state index in [-0.39, 0.29) is 26.4 Å². The summed E-state index contributed by atoms with van der Waals surface area (Å²) in [6.07, 6.45) is -0.283. The number of carbonyl (C=O) groups is 4. The van der Waals surface area contributed by atoms with Crippen molar-refractivity contribution in [3.05, 3.63) is 77.9 Å². The minimum Gasteiger partial charge on any atom is -0.497 e. The molecular formula is C29H27N3O8. The molecule has 11 heteroatoms. The SMILES string of the molecule is CCOC(=O)c1ccc(NC(=O)CC2C(=O)N(c3cccc(OC)c3)C(=O)N2Cc2ccc3c(c2)OCO3)cc1. The monoisotopic (exact) mass is 545 g/mol. The van der Waals surface area contributed by atoms with Crippen LogP contribution in [-0.2, 0) is 20.9 Å². The second kappa shape index (κ2) is 11.4. The lowest BCUT2D eigenvalue weighted by Gasteiger charge is -2.22. The molecule has 0 aliphatic carbocycles. The third-order valence-corrected chi connectivity index (χ3v) is 6.48. The van der Waals surface area contributed by atoms with Crippen LogP contribution in [0.1, 0.15) is 29.3 Å². The zero-order chi connectivity index (χ0) is 28.2. The fourth-order valence-corrected chi connectivity index (χ4v) is 4.53. The van der Waals surface area contributed by atoms with Gasteiger partial charge in [-0.3, -0.25) is 9.59 Å². The van der Waals surface area contributed by atoms with Gasteiger partial charge in [0.05, 0.1) is 31.4 Å². The number of rotatable bonds is 9. The normalized spacial score (nSPS) is 15.8. The van der Waals surface area contributed by atoms with Crippen molar-refractivity contribution >= 4 is 35.2 Å². The minimum absolute atomic E-state index is 0.0634. The Kier molecular flexibility index (Phi) is 7.54. The number of hydrogen-bond acceptors (Lipinski definition) is 8. The van der Waals surface area contributed by atoms with Crippen LogP contribution in [-0.4, -0.2) is 55.3 Å². The van der Waals surface area contributed by atoms with Gasteiger partial charge in [-0.25, -0.2) is 14.5 Å². The second-order valence-electron chi connectivity index (χ2n) is 9.04. The van der Waals surface area contributed by atoms with E-state index in [1.165, 1.54) is 24.1 Å². The van der Waals surface area contributed by atoms with Crippen molar-refractivity contribution in [3.63, 3.8) is 0 Å². The summed E-state index contributed by atoms with van der Waals surface area (Å²) in [5, 5.41) is 2.74. The Bertz CT molecular complexity index is 1460. The van der Waals surface area contributed by atoms with Crippen LogP contribution in [0.2, 0.25) is 0 Å². The van der Waals surface area contributed by atoms with Crippen molar-refractivity contribution in [3.8, 4) is 17.2 Å². The molecule has 2 heterocycles. The smallest absolute Gasteiger partial charge is 0.338 e. The van der Waals surface area contributed by atoms with Crippen LogP contribution >= 0.6 is 0 Å². The fourth-order valence-electron chi connectivity index (χ4n) is 4.53. The van der Waals surface area contributed by atoms with Crippen molar-refractivity contribution in [2.45, 2.75) is 25.9 Å². The Labute approximate surface area is 230 Å². The molecule has 0 spiro atoms. The number of esters is 1. The van der Waals surface area contributed by atoms with E-state index in [1.807, 2.05) is 0 Å². The van der Waals surface area contributed by atoms with Crippen molar-refractivity contribution in [2.75, 3.05) is 30.7 Å². The fraction of sp³-hybridized carbons (Fsp3) is 0.241. The number of benzene rings is 3. The lowest BCUT2D eigenvalue weighted by molar-refractivity contribution is -0.124. The number of carbonyl (C=O) groups excluding carboxylic acids is 4. The first-order valence-corrected chi connectivity index (χ1v) is 12.6. The first-order chi connectivity index (χ1) is 19.4. The quantitative estimate of drug-likeness (QED) is 0.317. The van der Waals surface area contributed by atoms with Gasteiger partial charge in [0.25, 0.3) is 5.91 Å². The zero-order valence-electron chi connectivity index (χ0n) is 21.9. The average Bonchev–Trinajstić information content (AvgIpc) is 3.51. The van der Waals surface area contributed by atoms with Crippen LogP contribution in [0.15, 0.2) is 66.7 Å². The lowest BCUT2D eigenvalue weighted by Crippen LogP contribution is -2.37. The van der Waals surface area contributed by atoms with Crippen LogP contribution in [0, 0.1) is 0 Å². The van der Waals surface area contributed by atoms with Crippen LogP contribution in [0.3, 0.4) is 0 Å². The molecule has 1 unspecified atom stereocenters. The number of ether oxygens (including phenoxy) is 4. The van der Waals surface area contributed by atoms with Crippen LogP contribution < -0.4 is 24.4 Å². The van der Waals surface area contributed by atoms with E-state index in [1.54, 1.807) is 61.5 Å². The van der Waals surface area contributed by atoms with E-state index in [4.69, 9.17) is 18.9 Å². The third kappa shape index (κ3) is 5.39. The van der Waals surface area contributed by atoms with Gasteiger partial charge in [-0.2, -0.15) is 0 Å². The summed E-state index contributed by atoms with van der Waals surface area (Å²) in [5.74, 6) is 0.140. The molecule has 11 nitrogen and oxygen atoms in total.